The Balaban J connectivity index is 1.40. The zero-order valence-electron chi connectivity index (χ0n) is 13.3. The summed E-state index contributed by atoms with van der Waals surface area (Å²) in [5, 5.41) is 13.1. The lowest BCUT2D eigenvalue weighted by Crippen LogP contribution is -2.33. The van der Waals surface area contributed by atoms with Crippen molar-refractivity contribution in [2.24, 2.45) is 5.92 Å². The number of ether oxygens (including phenoxy) is 1. The van der Waals surface area contributed by atoms with Gasteiger partial charge in [0.05, 0.1) is 0 Å². The Kier molecular flexibility index (Phi) is 5.67. The van der Waals surface area contributed by atoms with Crippen molar-refractivity contribution in [1.82, 2.24) is 5.32 Å². The molecule has 0 aliphatic heterocycles. The maximum atomic E-state index is 9.95. The van der Waals surface area contributed by atoms with Gasteiger partial charge in [0.25, 0.3) is 0 Å². The van der Waals surface area contributed by atoms with E-state index in [0.717, 1.165) is 24.3 Å². The van der Waals surface area contributed by atoms with Crippen LogP contribution in [0.25, 0.3) is 11.1 Å². The quantitative estimate of drug-likeness (QED) is 0.697. The Morgan fingerprint density at radius 2 is 1.71 bits per heavy atom. The van der Waals surface area contributed by atoms with E-state index >= 15 is 0 Å². The summed E-state index contributed by atoms with van der Waals surface area (Å²) in [6.45, 7) is 1.42. The second-order valence-electron chi connectivity index (χ2n) is 6.18. The number of benzene rings is 2. The van der Waals surface area contributed by atoms with Crippen LogP contribution in [0, 0.1) is 5.92 Å². The van der Waals surface area contributed by atoms with Crippen LogP contribution in [-0.2, 0) is 0 Å². The highest BCUT2D eigenvalue weighted by Gasteiger charge is 2.50. The normalized spacial score (nSPS) is 19.7. The van der Waals surface area contributed by atoms with E-state index in [4.69, 9.17) is 27.9 Å². The van der Waals surface area contributed by atoms with E-state index in [1.807, 2.05) is 42.5 Å². The number of alkyl halides is 2. The van der Waals surface area contributed by atoms with E-state index in [1.54, 1.807) is 0 Å². The van der Waals surface area contributed by atoms with Gasteiger partial charge in [0.15, 0.2) is 0 Å². The Labute approximate surface area is 152 Å². The van der Waals surface area contributed by atoms with Crippen LogP contribution in [0.4, 0.5) is 0 Å². The fourth-order valence-corrected chi connectivity index (χ4v) is 3.07. The molecule has 0 spiro atoms. The van der Waals surface area contributed by atoms with Gasteiger partial charge in [-0.3, -0.25) is 0 Å². The molecule has 1 fully saturated rings. The molecule has 0 unspecified atom stereocenters. The smallest absolute Gasteiger partial charge is 0.122 e. The first-order valence-corrected chi connectivity index (χ1v) is 8.85. The molecule has 3 nitrogen and oxygen atoms in total. The first kappa shape index (κ1) is 17.6. The number of aliphatic hydroxyl groups is 1. The third-order valence-electron chi connectivity index (χ3n) is 4.13. The predicted octanol–water partition coefficient (Wildman–Crippen LogP) is 3.88. The van der Waals surface area contributed by atoms with Gasteiger partial charge >= 0.3 is 0 Å². The molecular formula is C19H21Cl2NO2. The summed E-state index contributed by atoms with van der Waals surface area (Å²) in [5.41, 5.74) is 2.31. The first-order chi connectivity index (χ1) is 11.5. The maximum absolute atomic E-state index is 9.95. The van der Waals surface area contributed by atoms with Gasteiger partial charge in [-0.25, -0.2) is 0 Å². The van der Waals surface area contributed by atoms with Gasteiger partial charge in [0.2, 0.25) is 0 Å². The highest BCUT2D eigenvalue weighted by molar-refractivity contribution is 6.50. The fraction of sp³-hybridized carbons (Fsp3) is 0.368. The summed E-state index contributed by atoms with van der Waals surface area (Å²) in [7, 11) is 0. The van der Waals surface area contributed by atoms with Crippen LogP contribution >= 0.6 is 23.2 Å². The second-order valence-corrected chi connectivity index (χ2v) is 7.72. The zero-order chi connectivity index (χ0) is 17.0. The molecule has 0 saturated heterocycles. The minimum atomic E-state index is -0.574. The molecule has 2 N–H and O–H groups in total. The van der Waals surface area contributed by atoms with Gasteiger partial charge in [-0.15, -0.1) is 23.2 Å². The second kappa shape index (κ2) is 7.75. The zero-order valence-corrected chi connectivity index (χ0v) is 14.8. The first-order valence-electron chi connectivity index (χ1n) is 8.09. The molecule has 24 heavy (non-hydrogen) atoms. The van der Waals surface area contributed by atoms with Crippen molar-refractivity contribution in [3.8, 4) is 16.9 Å². The van der Waals surface area contributed by atoms with E-state index in [2.05, 4.69) is 17.4 Å². The summed E-state index contributed by atoms with van der Waals surface area (Å²) in [5.74, 6) is 1.02. The molecular weight excluding hydrogens is 345 g/mol. The van der Waals surface area contributed by atoms with Gasteiger partial charge in [-0.05, 0) is 29.7 Å². The molecule has 0 amide bonds. The number of rotatable bonds is 8. The van der Waals surface area contributed by atoms with Gasteiger partial charge < -0.3 is 15.2 Å². The van der Waals surface area contributed by atoms with Crippen LogP contribution in [0.15, 0.2) is 54.6 Å². The Morgan fingerprint density at radius 3 is 2.33 bits per heavy atom. The lowest BCUT2D eigenvalue weighted by Gasteiger charge is -2.13. The highest BCUT2D eigenvalue weighted by Crippen LogP contribution is 2.52. The molecule has 5 heteroatoms. The van der Waals surface area contributed by atoms with Crippen molar-refractivity contribution in [2.75, 3.05) is 19.7 Å². The molecule has 1 aliphatic carbocycles. The van der Waals surface area contributed by atoms with Gasteiger partial charge in [-0.2, -0.15) is 0 Å². The minimum Gasteiger partial charge on any atom is -0.491 e. The van der Waals surface area contributed by atoms with E-state index in [0.29, 0.717) is 6.54 Å². The SMILES string of the molecule is O[C@H](CNC[C@H]1CC1(Cl)Cl)COc1ccc(-c2ccccc2)cc1. The average Bonchev–Trinajstić information content (AvgIpc) is 3.21. The van der Waals surface area contributed by atoms with Crippen molar-refractivity contribution in [1.29, 1.82) is 0 Å². The molecule has 1 aliphatic rings. The molecule has 0 bridgehead atoms. The Hall–Kier alpha value is -1.26. The standard InChI is InChI=1S/C19H21Cl2NO2/c20-19(21)10-16(19)11-22-12-17(23)13-24-18-8-6-15(7-9-18)14-4-2-1-3-5-14/h1-9,16-17,22-23H,10-13H2/t16-,17-/m1/s1. The molecule has 2 atom stereocenters. The maximum Gasteiger partial charge on any atom is 0.122 e. The van der Waals surface area contributed by atoms with Crippen LogP contribution in [-0.4, -0.2) is 35.2 Å². The van der Waals surface area contributed by atoms with E-state index in [-0.39, 0.29) is 12.5 Å². The van der Waals surface area contributed by atoms with E-state index in [9.17, 15) is 5.11 Å². The van der Waals surface area contributed by atoms with Crippen LogP contribution < -0.4 is 10.1 Å². The third kappa shape index (κ3) is 4.87. The summed E-state index contributed by atoms with van der Waals surface area (Å²) < 4.78 is 5.06. The van der Waals surface area contributed by atoms with E-state index < -0.39 is 10.4 Å². The van der Waals surface area contributed by atoms with Crippen molar-refractivity contribution < 1.29 is 9.84 Å². The molecule has 0 aromatic heterocycles. The lowest BCUT2D eigenvalue weighted by molar-refractivity contribution is 0.106. The minimum absolute atomic E-state index is 0.245. The van der Waals surface area contributed by atoms with Crippen LogP contribution in [0.5, 0.6) is 5.75 Å². The number of halogens is 2. The monoisotopic (exact) mass is 365 g/mol. The molecule has 2 aromatic carbocycles. The summed E-state index contributed by atoms with van der Waals surface area (Å²) >= 11 is 11.9. The Morgan fingerprint density at radius 1 is 1.08 bits per heavy atom. The van der Waals surface area contributed by atoms with Crippen molar-refractivity contribution in [3.63, 3.8) is 0 Å². The molecule has 0 radical (unpaired) electrons. The lowest BCUT2D eigenvalue weighted by atomic mass is 10.1. The summed E-state index contributed by atoms with van der Waals surface area (Å²) in [6, 6.07) is 18.0. The number of nitrogens with one attached hydrogen (secondary N) is 1. The molecule has 128 valence electrons. The summed E-state index contributed by atoms with van der Waals surface area (Å²) in [6.07, 6.45) is 0.237. The van der Waals surface area contributed by atoms with Gasteiger partial charge in [0.1, 0.15) is 22.8 Å². The van der Waals surface area contributed by atoms with Crippen molar-refractivity contribution >= 4 is 23.2 Å². The molecule has 0 heterocycles. The van der Waals surface area contributed by atoms with E-state index in [1.165, 1.54) is 5.56 Å². The fourth-order valence-electron chi connectivity index (χ4n) is 2.54. The van der Waals surface area contributed by atoms with Crippen LogP contribution in [0.3, 0.4) is 0 Å². The highest BCUT2D eigenvalue weighted by atomic mass is 35.5. The topological polar surface area (TPSA) is 41.5 Å². The van der Waals surface area contributed by atoms with Gasteiger partial charge in [0, 0.05) is 19.0 Å². The molecule has 2 aromatic rings. The largest absolute Gasteiger partial charge is 0.491 e. The third-order valence-corrected chi connectivity index (χ3v) is 5.06. The molecule has 3 rings (SSSR count). The number of hydrogen-bond donors (Lipinski definition) is 2. The van der Waals surface area contributed by atoms with Crippen molar-refractivity contribution in [2.45, 2.75) is 16.9 Å². The average molecular weight is 366 g/mol. The molecule has 1 saturated carbocycles. The van der Waals surface area contributed by atoms with Crippen LogP contribution in [0.2, 0.25) is 0 Å². The Bertz CT molecular complexity index is 646. The summed E-state index contributed by atoms with van der Waals surface area (Å²) in [4.78, 5) is 0. The van der Waals surface area contributed by atoms with Crippen molar-refractivity contribution in [3.05, 3.63) is 54.6 Å². The predicted molar refractivity (Wildman–Crippen MR) is 98.8 cm³/mol. The number of hydrogen-bond acceptors (Lipinski definition) is 3. The van der Waals surface area contributed by atoms with Crippen LogP contribution in [0.1, 0.15) is 6.42 Å². The van der Waals surface area contributed by atoms with Gasteiger partial charge in [-0.1, -0.05) is 42.5 Å². The number of aliphatic hydroxyl groups excluding tert-OH is 1.